The van der Waals surface area contributed by atoms with E-state index in [9.17, 15) is 9.59 Å². The Bertz CT molecular complexity index is 883. The van der Waals surface area contributed by atoms with Gasteiger partial charge in [-0.1, -0.05) is 41.3 Å². The van der Waals surface area contributed by atoms with Gasteiger partial charge in [0.2, 0.25) is 5.13 Å². The smallest absolute Gasteiger partial charge is 0.269 e. The minimum atomic E-state index is -0.452. The molecule has 1 atom stereocenters. The van der Waals surface area contributed by atoms with Gasteiger partial charge in [-0.15, -0.1) is 10.2 Å². The van der Waals surface area contributed by atoms with Gasteiger partial charge in [-0.2, -0.15) is 0 Å². The van der Waals surface area contributed by atoms with Crippen LogP contribution in [0.3, 0.4) is 0 Å². The lowest BCUT2D eigenvalue weighted by Gasteiger charge is -2.11. The molecule has 1 aromatic carbocycles. The molecule has 27 heavy (non-hydrogen) atoms. The molecule has 0 aliphatic carbocycles. The fourth-order valence-electron chi connectivity index (χ4n) is 1.99. The van der Waals surface area contributed by atoms with Crippen LogP contribution in [0.25, 0.3) is 0 Å². The highest BCUT2D eigenvalue weighted by atomic mass is 32.2. The SMILES string of the molecule is C[C@H](Sc1nnc(NCc2ccco2)s1)C(=O)NNC(=O)c1ccccc1. The van der Waals surface area contributed by atoms with Gasteiger partial charge in [0.05, 0.1) is 18.1 Å². The lowest BCUT2D eigenvalue weighted by molar-refractivity contribution is -0.121. The van der Waals surface area contributed by atoms with Gasteiger partial charge in [0.15, 0.2) is 4.34 Å². The average Bonchev–Trinajstić information content (AvgIpc) is 3.36. The van der Waals surface area contributed by atoms with Gasteiger partial charge in [-0.05, 0) is 31.2 Å². The van der Waals surface area contributed by atoms with Crippen LogP contribution in [0.15, 0.2) is 57.5 Å². The summed E-state index contributed by atoms with van der Waals surface area (Å²) in [5, 5.41) is 11.4. The number of thioether (sulfide) groups is 1. The summed E-state index contributed by atoms with van der Waals surface area (Å²) in [4.78, 5) is 24.1. The fraction of sp³-hybridized carbons (Fsp3) is 0.176. The molecule has 140 valence electrons. The van der Waals surface area contributed by atoms with Crippen molar-refractivity contribution in [1.29, 1.82) is 0 Å². The van der Waals surface area contributed by atoms with E-state index in [2.05, 4.69) is 26.4 Å². The standard InChI is InChI=1S/C17H17N5O3S2/c1-11(14(23)19-20-15(24)12-6-3-2-4-7-12)26-17-22-21-16(27-17)18-10-13-8-5-9-25-13/h2-9,11H,10H2,1H3,(H,18,21)(H,19,23)(H,20,24)/t11-/m0/s1. The summed E-state index contributed by atoms with van der Waals surface area (Å²) in [6.07, 6.45) is 1.61. The Labute approximate surface area is 163 Å². The van der Waals surface area contributed by atoms with Crippen LogP contribution >= 0.6 is 23.1 Å². The van der Waals surface area contributed by atoms with Crippen LogP contribution in [-0.2, 0) is 11.3 Å². The maximum Gasteiger partial charge on any atom is 0.269 e. The van der Waals surface area contributed by atoms with Crippen molar-refractivity contribution in [2.75, 3.05) is 5.32 Å². The lowest BCUT2D eigenvalue weighted by atomic mass is 10.2. The molecule has 8 nitrogen and oxygen atoms in total. The van der Waals surface area contributed by atoms with Crippen LogP contribution in [0.4, 0.5) is 5.13 Å². The molecule has 0 aliphatic heterocycles. The van der Waals surface area contributed by atoms with Crippen LogP contribution in [0.5, 0.6) is 0 Å². The second-order valence-electron chi connectivity index (χ2n) is 5.38. The molecule has 0 spiro atoms. The van der Waals surface area contributed by atoms with E-state index < -0.39 is 5.25 Å². The van der Waals surface area contributed by atoms with Crippen molar-refractivity contribution in [3.05, 3.63) is 60.1 Å². The number of rotatable bonds is 7. The Hall–Kier alpha value is -2.85. The summed E-state index contributed by atoms with van der Waals surface area (Å²) >= 11 is 2.60. The van der Waals surface area contributed by atoms with Crippen molar-refractivity contribution in [3.8, 4) is 0 Å². The molecule has 0 unspecified atom stereocenters. The number of furan rings is 1. The Morgan fingerprint density at radius 1 is 1.15 bits per heavy atom. The van der Waals surface area contributed by atoms with Gasteiger partial charge >= 0.3 is 0 Å². The molecule has 2 aromatic heterocycles. The molecule has 10 heteroatoms. The van der Waals surface area contributed by atoms with Gasteiger partial charge in [0.25, 0.3) is 11.8 Å². The first-order valence-electron chi connectivity index (χ1n) is 8.03. The molecule has 0 bridgehead atoms. The number of nitrogens with one attached hydrogen (secondary N) is 3. The van der Waals surface area contributed by atoms with Gasteiger partial charge in [-0.3, -0.25) is 20.4 Å². The van der Waals surface area contributed by atoms with Gasteiger partial charge in [-0.25, -0.2) is 0 Å². The topological polar surface area (TPSA) is 109 Å². The predicted molar refractivity (Wildman–Crippen MR) is 103 cm³/mol. The molecule has 2 amide bonds. The molecule has 3 aromatic rings. The quantitative estimate of drug-likeness (QED) is 0.411. The summed E-state index contributed by atoms with van der Waals surface area (Å²) in [7, 11) is 0. The second-order valence-corrected chi connectivity index (χ2v) is 7.94. The van der Waals surface area contributed by atoms with Crippen LogP contribution in [-0.4, -0.2) is 27.3 Å². The Morgan fingerprint density at radius 3 is 2.70 bits per heavy atom. The third kappa shape index (κ3) is 5.56. The zero-order chi connectivity index (χ0) is 19.1. The van der Waals surface area contributed by atoms with E-state index in [1.165, 1.54) is 23.1 Å². The Morgan fingerprint density at radius 2 is 1.96 bits per heavy atom. The minimum absolute atomic E-state index is 0.329. The normalized spacial score (nSPS) is 11.6. The number of carbonyl (C=O) groups is 2. The summed E-state index contributed by atoms with van der Waals surface area (Å²) in [6, 6.07) is 12.3. The molecule has 0 radical (unpaired) electrons. The molecule has 0 saturated carbocycles. The summed E-state index contributed by atoms with van der Waals surface area (Å²) in [6.45, 7) is 2.24. The summed E-state index contributed by atoms with van der Waals surface area (Å²) in [5.41, 5.74) is 5.29. The Balaban J connectivity index is 1.44. The number of hydrazine groups is 1. The van der Waals surface area contributed by atoms with Gasteiger partial charge in [0, 0.05) is 5.56 Å². The molecular weight excluding hydrogens is 386 g/mol. The third-order valence-electron chi connectivity index (χ3n) is 3.38. The molecule has 3 rings (SSSR count). The summed E-state index contributed by atoms with van der Waals surface area (Å²) < 4.78 is 5.88. The number of hydrogen-bond acceptors (Lipinski definition) is 8. The van der Waals surface area contributed by atoms with Crippen LogP contribution in [0.2, 0.25) is 0 Å². The zero-order valence-electron chi connectivity index (χ0n) is 14.3. The van der Waals surface area contributed by atoms with Crippen molar-refractivity contribution in [3.63, 3.8) is 0 Å². The number of hydrogen-bond donors (Lipinski definition) is 3. The lowest BCUT2D eigenvalue weighted by Crippen LogP contribution is -2.44. The molecule has 2 heterocycles. The fourth-order valence-corrected chi connectivity index (χ4v) is 3.88. The van der Waals surface area contributed by atoms with E-state index in [-0.39, 0.29) is 11.8 Å². The second kappa shape index (κ2) is 9.19. The number of carbonyl (C=O) groups excluding carboxylic acids is 2. The van der Waals surface area contributed by atoms with Crippen molar-refractivity contribution >= 4 is 40.0 Å². The number of anilines is 1. The number of aromatic nitrogens is 2. The predicted octanol–water partition coefficient (Wildman–Crippen LogP) is 2.69. The maximum atomic E-state index is 12.2. The van der Waals surface area contributed by atoms with E-state index in [0.717, 1.165) is 5.76 Å². The monoisotopic (exact) mass is 403 g/mol. The minimum Gasteiger partial charge on any atom is -0.467 e. The number of amides is 2. The molecular formula is C17H17N5O3S2. The van der Waals surface area contributed by atoms with E-state index in [1.807, 2.05) is 18.2 Å². The van der Waals surface area contributed by atoms with Gasteiger partial charge < -0.3 is 9.73 Å². The average molecular weight is 403 g/mol. The van der Waals surface area contributed by atoms with E-state index in [0.29, 0.717) is 21.6 Å². The largest absolute Gasteiger partial charge is 0.467 e. The first-order valence-corrected chi connectivity index (χ1v) is 9.73. The first kappa shape index (κ1) is 18.9. The Kier molecular flexibility index (Phi) is 6.44. The first-order chi connectivity index (χ1) is 13.1. The molecule has 0 aliphatic rings. The van der Waals surface area contributed by atoms with Crippen molar-refractivity contribution in [2.24, 2.45) is 0 Å². The number of benzene rings is 1. The zero-order valence-corrected chi connectivity index (χ0v) is 16.0. The molecule has 3 N–H and O–H groups in total. The van der Waals surface area contributed by atoms with Crippen molar-refractivity contribution in [1.82, 2.24) is 21.0 Å². The highest BCUT2D eigenvalue weighted by Gasteiger charge is 2.18. The maximum absolute atomic E-state index is 12.2. The van der Waals surface area contributed by atoms with Gasteiger partial charge in [0.1, 0.15) is 5.76 Å². The molecule has 0 saturated heterocycles. The van der Waals surface area contributed by atoms with Crippen molar-refractivity contribution in [2.45, 2.75) is 23.1 Å². The third-order valence-corrected chi connectivity index (χ3v) is 5.45. The van der Waals surface area contributed by atoms with E-state index in [4.69, 9.17) is 4.42 Å². The number of nitrogens with zero attached hydrogens (tertiary/aromatic N) is 2. The molecule has 0 fully saturated rings. The summed E-state index contributed by atoms with van der Waals surface area (Å²) in [5.74, 6) is 0.0901. The van der Waals surface area contributed by atoms with Crippen molar-refractivity contribution < 1.29 is 14.0 Å². The van der Waals surface area contributed by atoms with Crippen LogP contribution in [0, 0.1) is 0 Å². The van der Waals surface area contributed by atoms with Crippen LogP contribution in [0.1, 0.15) is 23.0 Å². The van der Waals surface area contributed by atoms with E-state index in [1.54, 1.807) is 37.5 Å². The highest BCUT2D eigenvalue weighted by Crippen LogP contribution is 2.29. The van der Waals surface area contributed by atoms with Crippen LogP contribution < -0.4 is 16.2 Å². The van der Waals surface area contributed by atoms with E-state index >= 15 is 0 Å². The highest BCUT2D eigenvalue weighted by molar-refractivity contribution is 8.02.